The number of carbonyl (C=O) groups excluding carboxylic acids is 1. The van der Waals surface area contributed by atoms with E-state index in [0.29, 0.717) is 18.9 Å². The maximum absolute atomic E-state index is 10.6. The molecule has 0 unspecified atom stereocenters. The SMILES string of the molecule is CCCC[C@H]1COC(=O)C1. The van der Waals surface area contributed by atoms with Gasteiger partial charge in [-0.05, 0) is 6.42 Å². The van der Waals surface area contributed by atoms with Crippen molar-refractivity contribution in [3.05, 3.63) is 0 Å². The van der Waals surface area contributed by atoms with Crippen molar-refractivity contribution in [1.82, 2.24) is 0 Å². The minimum Gasteiger partial charge on any atom is -0.465 e. The highest BCUT2D eigenvalue weighted by Crippen LogP contribution is 2.19. The van der Waals surface area contributed by atoms with Gasteiger partial charge in [-0.1, -0.05) is 19.8 Å². The van der Waals surface area contributed by atoms with E-state index in [1.54, 1.807) is 0 Å². The van der Waals surface area contributed by atoms with Crippen LogP contribution in [0.5, 0.6) is 0 Å². The average molecular weight is 142 g/mol. The number of cyclic esters (lactones) is 1. The van der Waals surface area contributed by atoms with Gasteiger partial charge in [-0.15, -0.1) is 0 Å². The molecule has 1 atom stereocenters. The summed E-state index contributed by atoms with van der Waals surface area (Å²) in [6.45, 7) is 2.83. The van der Waals surface area contributed by atoms with Gasteiger partial charge in [0.2, 0.25) is 0 Å². The number of unbranched alkanes of at least 4 members (excludes halogenated alkanes) is 1. The Morgan fingerprint density at radius 3 is 3.00 bits per heavy atom. The molecule has 0 amide bonds. The van der Waals surface area contributed by atoms with E-state index in [1.165, 1.54) is 12.8 Å². The Morgan fingerprint density at radius 2 is 2.50 bits per heavy atom. The number of esters is 1. The van der Waals surface area contributed by atoms with Crippen LogP contribution in [-0.4, -0.2) is 12.6 Å². The first-order chi connectivity index (χ1) is 4.83. The third-order valence-corrected chi connectivity index (χ3v) is 1.90. The van der Waals surface area contributed by atoms with Crippen molar-refractivity contribution in [2.45, 2.75) is 32.6 Å². The molecular formula is C8H14O2. The summed E-state index contributed by atoms with van der Waals surface area (Å²) < 4.78 is 4.82. The van der Waals surface area contributed by atoms with E-state index in [9.17, 15) is 4.79 Å². The van der Waals surface area contributed by atoms with Crippen molar-refractivity contribution in [3.8, 4) is 0 Å². The Morgan fingerprint density at radius 1 is 1.70 bits per heavy atom. The van der Waals surface area contributed by atoms with E-state index < -0.39 is 0 Å². The second-order valence-electron chi connectivity index (χ2n) is 2.90. The van der Waals surface area contributed by atoms with Crippen molar-refractivity contribution in [2.24, 2.45) is 5.92 Å². The van der Waals surface area contributed by atoms with E-state index >= 15 is 0 Å². The van der Waals surface area contributed by atoms with E-state index in [2.05, 4.69) is 6.92 Å². The standard InChI is InChI=1S/C8H14O2/c1-2-3-4-7-5-8(9)10-6-7/h7H,2-6H2,1H3/t7-/m1/s1. The molecule has 1 aliphatic heterocycles. The number of rotatable bonds is 3. The molecule has 2 nitrogen and oxygen atoms in total. The molecule has 0 aromatic carbocycles. The summed E-state index contributed by atoms with van der Waals surface area (Å²) in [5.74, 6) is 0.508. The second kappa shape index (κ2) is 3.59. The van der Waals surface area contributed by atoms with Gasteiger partial charge < -0.3 is 4.74 Å². The first kappa shape index (κ1) is 7.58. The zero-order valence-electron chi connectivity index (χ0n) is 6.43. The molecule has 0 radical (unpaired) electrons. The van der Waals surface area contributed by atoms with Crippen LogP contribution >= 0.6 is 0 Å². The molecule has 1 aliphatic rings. The lowest BCUT2D eigenvalue weighted by atomic mass is 10.0. The average Bonchev–Trinajstić information content (AvgIpc) is 2.31. The normalized spacial score (nSPS) is 24.9. The molecule has 10 heavy (non-hydrogen) atoms. The third-order valence-electron chi connectivity index (χ3n) is 1.90. The lowest BCUT2D eigenvalue weighted by molar-refractivity contribution is -0.137. The maximum atomic E-state index is 10.6. The van der Waals surface area contributed by atoms with E-state index in [1.807, 2.05) is 0 Å². The van der Waals surface area contributed by atoms with Crippen LogP contribution in [0.25, 0.3) is 0 Å². The van der Waals surface area contributed by atoms with Gasteiger partial charge in [-0.3, -0.25) is 4.79 Å². The van der Waals surface area contributed by atoms with Crippen molar-refractivity contribution in [1.29, 1.82) is 0 Å². The van der Waals surface area contributed by atoms with Gasteiger partial charge in [0.25, 0.3) is 0 Å². The van der Waals surface area contributed by atoms with Crippen LogP contribution in [-0.2, 0) is 9.53 Å². The fourth-order valence-corrected chi connectivity index (χ4v) is 1.24. The zero-order valence-corrected chi connectivity index (χ0v) is 6.43. The highest BCUT2D eigenvalue weighted by Gasteiger charge is 2.22. The van der Waals surface area contributed by atoms with Gasteiger partial charge in [0.15, 0.2) is 0 Å². The predicted molar refractivity (Wildman–Crippen MR) is 38.6 cm³/mol. The second-order valence-corrected chi connectivity index (χ2v) is 2.90. The van der Waals surface area contributed by atoms with Crippen LogP contribution in [0, 0.1) is 5.92 Å². The highest BCUT2D eigenvalue weighted by molar-refractivity contribution is 5.71. The van der Waals surface area contributed by atoms with Gasteiger partial charge in [0, 0.05) is 5.92 Å². The topological polar surface area (TPSA) is 26.3 Å². The quantitative estimate of drug-likeness (QED) is 0.561. The van der Waals surface area contributed by atoms with Gasteiger partial charge in [-0.25, -0.2) is 0 Å². The van der Waals surface area contributed by atoms with Crippen molar-refractivity contribution >= 4 is 5.97 Å². The lowest BCUT2D eigenvalue weighted by Crippen LogP contribution is -1.97. The fraction of sp³-hybridized carbons (Fsp3) is 0.875. The van der Waals surface area contributed by atoms with Gasteiger partial charge in [0.1, 0.15) is 0 Å². The molecule has 1 saturated heterocycles. The van der Waals surface area contributed by atoms with Crippen LogP contribution in [0.1, 0.15) is 32.6 Å². The van der Waals surface area contributed by atoms with E-state index in [-0.39, 0.29) is 5.97 Å². The number of carbonyl (C=O) groups is 1. The Labute approximate surface area is 61.6 Å². The summed E-state index contributed by atoms with van der Waals surface area (Å²) in [5.41, 5.74) is 0. The molecule has 1 heterocycles. The zero-order chi connectivity index (χ0) is 7.40. The molecule has 58 valence electrons. The summed E-state index contributed by atoms with van der Waals surface area (Å²) in [5, 5.41) is 0. The molecule has 1 fully saturated rings. The number of ether oxygens (including phenoxy) is 1. The Bertz CT molecular complexity index is 120. The summed E-state index contributed by atoms with van der Waals surface area (Å²) in [4.78, 5) is 10.6. The van der Waals surface area contributed by atoms with E-state index in [0.717, 1.165) is 6.42 Å². The first-order valence-corrected chi connectivity index (χ1v) is 3.98. The minimum absolute atomic E-state index is 0.0129. The Balaban J connectivity index is 2.12. The minimum atomic E-state index is -0.0129. The van der Waals surface area contributed by atoms with Crippen molar-refractivity contribution in [2.75, 3.05) is 6.61 Å². The number of hydrogen-bond acceptors (Lipinski definition) is 2. The van der Waals surface area contributed by atoms with Gasteiger partial charge in [0.05, 0.1) is 13.0 Å². The summed E-state index contributed by atoms with van der Waals surface area (Å²) in [6.07, 6.45) is 4.24. The van der Waals surface area contributed by atoms with E-state index in [4.69, 9.17) is 4.74 Å². The largest absolute Gasteiger partial charge is 0.465 e. The Hall–Kier alpha value is -0.530. The fourth-order valence-electron chi connectivity index (χ4n) is 1.24. The monoisotopic (exact) mass is 142 g/mol. The Kier molecular flexibility index (Phi) is 2.72. The lowest BCUT2D eigenvalue weighted by Gasteiger charge is -2.01. The van der Waals surface area contributed by atoms with Gasteiger partial charge >= 0.3 is 5.97 Å². The van der Waals surface area contributed by atoms with Crippen LogP contribution in [0.4, 0.5) is 0 Å². The van der Waals surface area contributed by atoms with Gasteiger partial charge in [-0.2, -0.15) is 0 Å². The number of hydrogen-bond donors (Lipinski definition) is 0. The summed E-state index contributed by atoms with van der Waals surface area (Å²) >= 11 is 0. The summed E-state index contributed by atoms with van der Waals surface area (Å²) in [7, 11) is 0. The van der Waals surface area contributed by atoms with Crippen molar-refractivity contribution in [3.63, 3.8) is 0 Å². The molecule has 0 bridgehead atoms. The molecule has 2 heteroatoms. The molecule has 0 N–H and O–H groups in total. The molecule has 0 aromatic heterocycles. The first-order valence-electron chi connectivity index (χ1n) is 3.98. The van der Waals surface area contributed by atoms with Crippen LogP contribution in [0.2, 0.25) is 0 Å². The highest BCUT2D eigenvalue weighted by atomic mass is 16.5. The smallest absolute Gasteiger partial charge is 0.306 e. The van der Waals surface area contributed by atoms with Crippen LogP contribution < -0.4 is 0 Å². The maximum Gasteiger partial charge on any atom is 0.306 e. The summed E-state index contributed by atoms with van der Waals surface area (Å²) in [6, 6.07) is 0. The third kappa shape index (κ3) is 2.01. The molecule has 0 saturated carbocycles. The molecule has 0 aliphatic carbocycles. The van der Waals surface area contributed by atoms with Crippen LogP contribution in [0.15, 0.2) is 0 Å². The molecule has 0 spiro atoms. The molecule has 1 rings (SSSR count). The molecular weight excluding hydrogens is 128 g/mol. The molecule has 0 aromatic rings. The van der Waals surface area contributed by atoms with Crippen LogP contribution in [0.3, 0.4) is 0 Å². The van der Waals surface area contributed by atoms with Crippen molar-refractivity contribution < 1.29 is 9.53 Å². The predicted octanol–water partition coefficient (Wildman–Crippen LogP) is 1.74.